The van der Waals surface area contributed by atoms with E-state index in [1.165, 1.54) is 17.4 Å². The Balaban J connectivity index is 1.83. The van der Waals surface area contributed by atoms with E-state index < -0.39 is 17.9 Å². The third kappa shape index (κ3) is 3.42. The Bertz CT molecular complexity index is 992. The number of carbonyl (C=O) groups excluding carboxylic acids is 3. The number of rotatable bonds is 4. The molecular weight excluding hydrogens is 356 g/mol. The molecule has 0 aromatic carbocycles. The Morgan fingerprint density at radius 2 is 2.04 bits per heavy atom. The maximum absolute atomic E-state index is 12.7. The number of anilines is 1. The second kappa shape index (κ2) is 7.36. The largest absolute Gasteiger partial charge is 0.450 e. The predicted octanol–water partition coefficient (Wildman–Crippen LogP) is 2.84. The zero-order chi connectivity index (χ0) is 18.7. The lowest BCUT2D eigenvalue weighted by molar-refractivity contribution is 0.0926. The number of hydrogen-bond acceptors (Lipinski definition) is 6. The van der Waals surface area contributed by atoms with Gasteiger partial charge in [0.15, 0.2) is 0 Å². The Morgan fingerprint density at radius 3 is 2.81 bits per heavy atom. The molecule has 134 valence electrons. The SMILES string of the molecule is CCOC(=O)NC(=O)c1ccsc1NC(=O)c1c(C)nc2ccccn12. The van der Waals surface area contributed by atoms with Crippen molar-refractivity contribution in [2.75, 3.05) is 11.9 Å². The molecule has 0 saturated heterocycles. The number of carbonyl (C=O) groups is 3. The van der Waals surface area contributed by atoms with Gasteiger partial charge in [-0.1, -0.05) is 6.07 Å². The van der Waals surface area contributed by atoms with Crippen LogP contribution in [0.1, 0.15) is 33.5 Å². The van der Waals surface area contributed by atoms with Gasteiger partial charge in [0.05, 0.1) is 17.9 Å². The first kappa shape index (κ1) is 17.6. The molecule has 8 nitrogen and oxygen atoms in total. The summed E-state index contributed by atoms with van der Waals surface area (Å²) < 4.78 is 6.37. The van der Waals surface area contributed by atoms with Crippen molar-refractivity contribution in [3.05, 3.63) is 52.8 Å². The molecule has 3 aromatic heterocycles. The molecule has 0 bridgehead atoms. The molecule has 9 heteroatoms. The van der Waals surface area contributed by atoms with Gasteiger partial charge < -0.3 is 10.1 Å². The van der Waals surface area contributed by atoms with Crippen LogP contribution < -0.4 is 10.6 Å². The molecule has 26 heavy (non-hydrogen) atoms. The number of imide groups is 1. The monoisotopic (exact) mass is 372 g/mol. The third-order valence-corrected chi connectivity index (χ3v) is 4.38. The summed E-state index contributed by atoms with van der Waals surface area (Å²) in [5.74, 6) is -1.04. The number of aromatic nitrogens is 2. The number of fused-ring (bicyclic) bond motifs is 1. The fourth-order valence-electron chi connectivity index (χ4n) is 2.46. The molecule has 0 saturated carbocycles. The van der Waals surface area contributed by atoms with Crippen LogP contribution in [0.25, 0.3) is 5.65 Å². The molecule has 0 aliphatic heterocycles. The minimum absolute atomic E-state index is 0.153. The summed E-state index contributed by atoms with van der Waals surface area (Å²) in [5, 5.41) is 6.81. The van der Waals surface area contributed by atoms with Gasteiger partial charge in [-0.25, -0.2) is 9.78 Å². The van der Waals surface area contributed by atoms with Crippen LogP contribution in [0.4, 0.5) is 9.80 Å². The number of imidazole rings is 1. The van der Waals surface area contributed by atoms with Gasteiger partial charge in [0.25, 0.3) is 11.8 Å². The molecule has 0 aliphatic rings. The van der Waals surface area contributed by atoms with Crippen molar-refractivity contribution in [3.8, 4) is 0 Å². The maximum atomic E-state index is 12.7. The van der Waals surface area contributed by atoms with Crippen LogP contribution in [0.2, 0.25) is 0 Å². The molecule has 3 rings (SSSR count). The van der Waals surface area contributed by atoms with Gasteiger partial charge in [0, 0.05) is 6.20 Å². The highest BCUT2D eigenvalue weighted by Gasteiger charge is 2.21. The Labute approximate surface area is 152 Å². The van der Waals surface area contributed by atoms with Gasteiger partial charge in [0.2, 0.25) is 0 Å². The first-order valence-corrected chi connectivity index (χ1v) is 8.70. The molecule has 0 fully saturated rings. The lowest BCUT2D eigenvalue weighted by Gasteiger charge is -2.07. The Hall–Kier alpha value is -3.20. The van der Waals surface area contributed by atoms with Crippen LogP contribution in [-0.2, 0) is 4.74 Å². The summed E-state index contributed by atoms with van der Waals surface area (Å²) in [6.45, 7) is 3.53. The number of hydrogen-bond donors (Lipinski definition) is 2. The molecule has 3 amide bonds. The summed E-state index contributed by atoms with van der Waals surface area (Å²) in [7, 11) is 0. The highest BCUT2D eigenvalue weighted by molar-refractivity contribution is 7.14. The van der Waals surface area contributed by atoms with Crippen LogP contribution in [0.15, 0.2) is 35.8 Å². The Kier molecular flexibility index (Phi) is 4.99. The summed E-state index contributed by atoms with van der Waals surface area (Å²) in [4.78, 5) is 40.7. The maximum Gasteiger partial charge on any atom is 0.414 e. The normalized spacial score (nSPS) is 10.5. The summed E-state index contributed by atoms with van der Waals surface area (Å²) >= 11 is 1.18. The van der Waals surface area contributed by atoms with E-state index in [1.807, 2.05) is 6.07 Å². The minimum Gasteiger partial charge on any atom is -0.450 e. The van der Waals surface area contributed by atoms with E-state index in [9.17, 15) is 14.4 Å². The summed E-state index contributed by atoms with van der Waals surface area (Å²) in [5.41, 5.74) is 1.79. The zero-order valence-corrected chi connectivity index (χ0v) is 14.9. The molecule has 0 aliphatic carbocycles. The van der Waals surface area contributed by atoms with Crippen molar-refractivity contribution in [1.82, 2.24) is 14.7 Å². The first-order valence-electron chi connectivity index (χ1n) is 7.82. The predicted molar refractivity (Wildman–Crippen MR) is 96.7 cm³/mol. The molecule has 0 spiro atoms. The smallest absolute Gasteiger partial charge is 0.414 e. The van der Waals surface area contributed by atoms with Crippen LogP contribution >= 0.6 is 11.3 Å². The highest BCUT2D eigenvalue weighted by Crippen LogP contribution is 2.24. The van der Waals surface area contributed by atoms with Crippen LogP contribution in [-0.4, -0.2) is 33.9 Å². The molecule has 0 unspecified atom stereocenters. The standard InChI is InChI=1S/C17H16N4O4S/c1-3-25-17(24)20-14(22)11-7-9-26-16(11)19-15(23)13-10(2)18-12-6-4-5-8-21(12)13/h4-9H,3H2,1-2H3,(H,19,23)(H,20,22,24). The lowest BCUT2D eigenvalue weighted by Crippen LogP contribution is -2.31. The third-order valence-electron chi connectivity index (χ3n) is 3.55. The molecule has 3 aromatic rings. The first-order chi connectivity index (χ1) is 12.5. The topological polar surface area (TPSA) is 102 Å². The summed E-state index contributed by atoms with van der Waals surface area (Å²) in [6, 6.07) is 6.96. The molecule has 2 N–H and O–H groups in total. The number of thiophene rings is 1. The second-order valence-corrected chi connectivity index (χ2v) is 6.18. The lowest BCUT2D eigenvalue weighted by atomic mass is 10.3. The van der Waals surface area contributed by atoms with Crippen molar-refractivity contribution in [2.45, 2.75) is 13.8 Å². The fraction of sp³-hybridized carbons (Fsp3) is 0.176. The average molecular weight is 372 g/mol. The van der Waals surface area contributed by atoms with Crippen LogP contribution in [0, 0.1) is 6.92 Å². The van der Waals surface area contributed by atoms with Crippen molar-refractivity contribution in [2.24, 2.45) is 0 Å². The molecule has 0 radical (unpaired) electrons. The number of pyridine rings is 1. The number of aryl methyl sites for hydroxylation is 1. The van der Waals surface area contributed by atoms with E-state index in [0.717, 1.165) is 0 Å². The number of amides is 3. The van der Waals surface area contributed by atoms with Crippen molar-refractivity contribution in [1.29, 1.82) is 0 Å². The van der Waals surface area contributed by atoms with Crippen molar-refractivity contribution in [3.63, 3.8) is 0 Å². The summed E-state index contributed by atoms with van der Waals surface area (Å²) in [6.07, 6.45) is 0.908. The second-order valence-electron chi connectivity index (χ2n) is 5.27. The Morgan fingerprint density at radius 1 is 1.23 bits per heavy atom. The van der Waals surface area contributed by atoms with E-state index in [0.29, 0.717) is 22.0 Å². The average Bonchev–Trinajstić information content (AvgIpc) is 3.17. The number of nitrogens with one attached hydrogen (secondary N) is 2. The van der Waals surface area contributed by atoms with Crippen molar-refractivity contribution < 1.29 is 19.1 Å². The number of alkyl carbamates (subject to hydrolysis) is 1. The van der Waals surface area contributed by atoms with Gasteiger partial charge >= 0.3 is 6.09 Å². The molecular formula is C17H16N4O4S. The molecule has 0 atom stereocenters. The van der Waals surface area contributed by atoms with Gasteiger partial charge in [-0.3, -0.25) is 19.3 Å². The fourth-order valence-corrected chi connectivity index (χ4v) is 3.24. The highest BCUT2D eigenvalue weighted by atomic mass is 32.1. The van der Waals surface area contributed by atoms with E-state index in [4.69, 9.17) is 0 Å². The van der Waals surface area contributed by atoms with E-state index in [1.54, 1.807) is 42.0 Å². The van der Waals surface area contributed by atoms with Crippen molar-refractivity contribution >= 4 is 39.9 Å². The number of ether oxygens (including phenoxy) is 1. The quantitative estimate of drug-likeness (QED) is 0.733. The minimum atomic E-state index is -0.835. The van der Waals surface area contributed by atoms with Gasteiger partial charge in [-0.2, -0.15) is 0 Å². The van der Waals surface area contributed by atoms with E-state index in [-0.39, 0.29) is 12.2 Å². The number of nitrogens with zero attached hydrogens (tertiary/aromatic N) is 2. The van der Waals surface area contributed by atoms with Crippen LogP contribution in [0.3, 0.4) is 0 Å². The van der Waals surface area contributed by atoms with E-state index >= 15 is 0 Å². The van der Waals surface area contributed by atoms with Gasteiger partial charge in [-0.05, 0) is 37.4 Å². The van der Waals surface area contributed by atoms with Gasteiger partial charge in [-0.15, -0.1) is 11.3 Å². The van der Waals surface area contributed by atoms with E-state index in [2.05, 4.69) is 20.4 Å². The molecule has 3 heterocycles. The zero-order valence-electron chi connectivity index (χ0n) is 14.1. The van der Waals surface area contributed by atoms with Crippen LogP contribution in [0.5, 0.6) is 0 Å². The van der Waals surface area contributed by atoms with Gasteiger partial charge in [0.1, 0.15) is 16.3 Å².